The topological polar surface area (TPSA) is 18.5 Å². The molecule has 13 heavy (non-hydrogen) atoms. The first kappa shape index (κ1) is 9.25. The quantitative estimate of drug-likeness (QED) is 0.648. The third kappa shape index (κ3) is 1.33. The lowest BCUT2D eigenvalue weighted by Crippen LogP contribution is -2.17. The van der Waals surface area contributed by atoms with Gasteiger partial charge in [0, 0.05) is 11.0 Å². The van der Waals surface area contributed by atoms with Gasteiger partial charge in [-0.25, -0.2) is 10.0 Å². The van der Waals surface area contributed by atoms with Gasteiger partial charge in [-0.15, -0.1) is 0 Å². The van der Waals surface area contributed by atoms with Crippen LogP contribution in [-0.2, 0) is 9.47 Å². The van der Waals surface area contributed by atoms with Crippen LogP contribution < -0.4 is 0 Å². The number of hydrogen-bond acceptors (Lipinski definition) is 2. The van der Waals surface area contributed by atoms with Crippen LogP contribution >= 0.6 is 10.0 Å². The van der Waals surface area contributed by atoms with Crippen LogP contribution in [0.3, 0.4) is 0 Å². The highest BCUT2D eigenvalue weighted by atomic mass is 32.3. The first-order valence-electron chi connectivity index (χ1n) is 4.88. The molecule has 0 radical (unpaired) electrons. The van der Waals surface area contributed by atoms with Crippen molar-refractivity contribution in [1.82, 2.24) is 0 Å². The Balaban J connectivity index is 2.23. The van der Waals surface area contributed by atoms with Crippen LogP contribution in [0.25, 0.3) is 0 Å². The van der Waals surface area contributed by atoms with Gasteiger partial charge in [-0.2, -0.15) is 0 Å². The lowest BCUT2D eigenvalue weighted by molar-refractivity contribution is 0.0650. The smallest absolute Gasteiger partial charge is 0.146 e. The molecule has 0 aromatic rings. The Morgan fingerprint density at radius 3 is 2.69 bits per heavy atom. The van der Waals surface area contributed by atoms with Crippen LogP contribution in [0.5, 0.6) is 0 Å². The standard InChI is InChI=1S/C10H18O2S/c1-4-13(3)7-9-10(8(13)2)12-6-5-11-9/h8H,4-7H2,1-3H3. The minimum atomic E-state index is -0.527. The highest BCUT2D eigenvalue weighted by Crippen LogP contribution is 2.58. The lowest BCUT2D eigenvalue weighted by Gasteiger charge is -2.34. The molecule has 2 nitrogen and oxygen atoms in total. The van der Waals surface area contributed by atoms with E-state index in [1.165, 1.54) is 5.75 Å². The van der Waals surface area contributed by atoms with E-state index >= 15 is 0 Å². The van der Waals surface area contributed by atoms with Gasteiger partial charge in [0.05, 0.1) is 0 Å². The second-order valence-corrected chi connectivity index (χ2v) is 8.18. The Morgan fingerprint density at radius 1 is 1.38 bits per heavy atom. The van der Waals surface area contributed by atoms with Gasteiger partial charge >= 0.3 is 0 Å². The maximum Gasteiger partial charge on any atom is 0.146 e. The Morgan fingerprint density at radius 2 is 2.08 bits per heavy atom. The minimum absolute atomic E-state index is 0.527. The average Bonchev–Trinajstić information content (AvgIpc) is 2.41. The van der Waals surface area contributed by atoms with Gasteiger partial charge in [0.15, 0.2) is 0 Å². The van der Waals surface area contributed by atoms with E-state index in [0.29, 0.717) is 5.25 Å². The lowest BCUT2D eigenvalue weighted by atomic mass is 10.3. The second-order valence-electron chi connectivity index (χ2n) is 3.91. The predicted octanol–water partition coefficient (Wildman–Crippen LogP) is 2.10. The molecule has 2 atom stereocenters. The molecule has 0 spiro atoms. The van der Waals surface area contributed by atoms with Crippen molar-refractivity contribution in [1.29, 1.82) is 0 Å². The summed E-state index contributed by atoms with van der Waals surface area (Å²) in [4.78, 5) is 0. The van der Waals surface area contributed by atoms with Crippen LogP contribution in [-0.4, -0.2) is 36.2 Å². The van der Waals surface area contributed by atoms with Crippen LogP contribution in [0.2, 0.25) is 0 Å². The Kier molecular flexibility index (Phi) is 2.22. The van der Waals surface area contributed by atoms with E-state index in [1.54, 1.807) is 0 Å². The van der Waals surface area contributed by atoms with E-state index in [9.17, 15) is 0 Å². The van der Waals surface area contributed by atoms with Crippen molar-refractivity contribution >= 4 is 10.0 Å². The summed E-state index contributed by atoms with van der Waals surface area (Å²) in [6, 6.07) is 0. The van der Waals surface area contributed by atoms with Crippen molar-refractivity contribution in [3.8, 4) is 0 Å². The molecule has 2 aliphatic rings. The Hall–Kier alpha value is -0.310. The van der Waals surface area contributed by atoms with Crippen LogP contribution in [0, 0.1) is 0 Å². The molecule has 0 fully saturated rings. The van der Waals surface area contributed by atoms with Crippen molar-refractivity contribution in [3.05, 3.63) is 11.5 Å². The van der Waals surface area contributed by atoms with Gasteiger partial charge in [-0.1, -0.05) is 6.92 Å². The third-order valence-corrected chi connectivity index (χ3v) is 7.40. The number of ether oxygens (including phenoxy) is 2. The molecular formula is C10H18O2S. The molecule has 2 aliphatic heterocycles. The van der Waals surface area contributed by atoms with Gasteiger partial charge in [0.1, 0.15) is 24.7 Å². The first-order chi connectivity index (χ1) is 6.17. The fourth-order valence-electron chi connectivity index (χ4n) is 1.96. The average molecular weight is 202 g/mol. The molecule has 0 aliphatic carbocycles. The van der Waals surface area contributed by atoms with Crippen LogP contribution in [0.15, 0.2) is 11.5 Å². The molecule has 0 aromatic carbocycles. The van der Waals surface area contributed by atoms with E-state index in [0.717, 1.165) is 30.5 Å². The largest absolute Gasteiger partial charge is 0.490 e. The normalized spacial score (nSPS) is 43.2. The summed E-state index contributed by atoms with van der Waals surface area (Å²) in [5, 5.41) is 0.604. The third-order valence-electron chi connectivity index (χ3n) is 3.24. The van der Waals surface area contributed by atoms with Crippen molar-refractivity contribution in [2.45, 2.75) is 19.1 Å². The van der Waals surface area contributed by atoms with Gasteiger partial charge in [-0.3, -0.25) is 0 Å². The zero-order chi connectivity index (χ0) is 9.47. The molecule has 2 rings (SSSR count). The SMILES string of the molecule is CCS1(C)CC2=C(OCCO2)C1C. The van der Waals surface area contributed by atoms with E-state index in [2.05, 4.69) is 20.1 Å². The predicted molar refractivity (Wildman–Crippen MR) is 57.3 cm³/mol. The zero-order valence-corrected chi connectivity index (χ0v) is 9.45. The van der Waals surface area contributed by atoms with E-state index in [-0.39, 0.29) is 0 Å². The summed E-state index contributed by atoms with van der Waals surface area (Å²) in [7, 11) is -0.527. The molecule has 0 amide bonds. The summed E-state index contributed by atoms with van der Waals surface area (Å²) < 4.78 is 11.3. The molecule has 2 heterocycles. The van der Waals surface area contributed by atoms with Crippen molar-refractivity contribution in [2.75, 3.05) is 31.0 Å². The molecule has 3 heteroatoms. The van der Waals surface area contributed by atoms with Crippen molar-refractivity contribution < 1.29 is 9.47 Å². The summed E-state index contributed by atoms with van der Waals surface area (Å²) in [6.07, 6.45) is 2.41. The summed E-state index contributed by atoms with van der Waals surface area (Å²) in [5.74, 6) is 4.72. The Labute approximate surface area is 81.6 Å². The van der Waals surface area contributed by atoms with E-state index in [4.69, 9.17) is 9.47 Å². The van der Waals surface area contributed by atoms with Crippen LogP contribution in [0.4, 0.5) is 0 Å². The van der Waals surface area contributed by atoms with Crippen LogP contribution in [0.1, 0.15) is 13.8 Å². The summed E-state index contributed by atoms with van der Waals surface area (Å²) in [6.45, 7) is 6.05. The van der Waals surface area contributed by atoms with Gasteiger partial charge in [0.25, 0.3) is 0 Å². The molecule has 0 bridgehead atoms. The van der Waals surface area contributed by atoms with Crippen molar-refractivity contribution in [3.63, 3.8) is 0 Å². The van der Waals surface area contributed by atoms with Gasteiger partial charge in [0.2, 0.25) is 0 Å². The highest BCUT2D eigenvalue weighted by Gasteiger charge is 2.40. The zero-order valence-electron chi connectivity index (χ0n) is 8.63. The summed E-state index contributed by atoms with van der Waals surface area (Å²) >= 11 is 0. The molecule has 76 valence electrons. The fraction of sp³-hybridized carbons (Fsp3) is 0.800. The summed E-state index contributed by atoms with van der Waals surface area (Å²) in [5.41, 5.74) is 0. The molecule has 0 saturated heterocycles. The molecule has 0 N–H and O–H groups in total. The van der Waals surface area contributed by atoms with Gasteiger partial charge < -0.3 is 9.47 Å². The fourth-order valence-corrected chi connectivity index (χ4v) is 4.45. The number of rotatable bonds is 1. The molecule has 0 aromatic heterocycles. The molecule has 0 saturated carbocycles. The molecular weight excluding hydrogens is 184 g/mol. The molecule has 2 unspecified atom stereocenters. The van der Waals surface area contributed by atoms with Crippen molar-refractivity contribution in [2.24, 2.45) is 0 Å². The number of hydrogen-bond donors (Lipinski definition) is 0. The first-order valence-corrected chi connectivity index (χ1v) is 7.33. The second kappa shape index (κ2) is 3.12. The Bertz CT molecular complexity index is 249. The van der Waals surface area contributed by atoms with E-state index < -0.39 is 10.0 Å². The highest BCUT2D eigenvalue weighted by molar-refractivity contribution is 8.34. The van der Waals surface area contributed by atoms with E-state index in [1.807, 2.05) is 0 Å². The maximum atomic E-state index is 5.69. The maximum absolute atomic E-state index is 5.69. The minimum Gasteiger partial charge on any atom is -0.490 e. The monoisotopic (exact) mass is 202 g/mol. The van der Waals surface area contributed by atoms with Gasteiger partial charge in [-0.05, 0) is 18.9 Å².